The van der Waals surface area contributed by atoms with Crippen molar-refractivity contribution in [1.29, 1.82) is 0 Å². The Labute approximate surface area is 75.3 Å². The minimum atomic E-state index is -0.713. The van der Waals surface area contributed by atoms with Gasteiger partial charge >= 0.3 is 0 Å². The van der Waals surface area contributed by atoms with Crippen molar-refractivity contribution < 1.29 is 19.7 Å². The number of hydrogen-bond acceptors (Lipinski definition) is 4. The van der Waals surface area contributed by atoms with Crippen LogP contribution in [0.4, 0.5) is 0 Å². The van der Waals surface area contributed by atoms with Crippen molar-refractivity contribution in [1.82, 2.24) is 0 Å². The first kappa shape index (κ1) is 8.19. The van der Waals surface area contributed by atoms with Crippen LogP contribution in [0.1, 0.15) is 18.6 Å². The molecular weight excluding hydrogens is 172 g/mol. The molecule has 70 valence electrons. The normalized spacial score (nSPS) is 15.8. The summed E-state index contributed by atoms with van der Waals surface area (Å²) < 4.78 is 10.1. The maximum atomic E-state index is 9.45. The average Bonchev–Trinajstić information content (AvgIpc) is 2.48. The third-order valence-corrected chi connectivity index (χ3v) is 1.97. The lowest BCUT2D eigenvalue weighted by molar-refractivity contribution is 0.173. The van der Waals surface area contributed by atoms with Crippen molar-refractivity contribution in [3.05, 3.63) is 17.7 Å². The number of benzene rings is 1. The molecule has 2 N–H and O–H groups in total. The summed E-state index contributed by atoms with van der Waals surface area (Å²) in [6, 6.07) is 3.03. The molecule has 0 aromatic heterocycles. The van der Waals surface area contributed by atoms with Gasteiger partial charge in [-0.05, 0) is 13.0 Å². The minimum Gasteiger partial charge on any atom is -0.507 e. The van der Waals surface area contributed by atoms with Crippen molar-refractivity contribution >= 4 is 0 Å². The van der Waals surface area contributed by atoms with E-state index in [1.807, 2.05) is 0 Å². The molecule has 0 radical (unpaired) electrons. The molecular formula is C9H10O4. The van der Waals surface area contributed by atoms with Gasteiger partial charge in [0.1, 0.15) is 5.75 Å². The third kappa shape index (κ3) is 1.29. The SMILES string of the molecule is CC(O)c1cc2c(cc1O)OCO2. The van der Waals surface area contributed by atoms with Crippen LogP contribution in [0.25, 0.3) is 0 Å². The number of fused-ring (bicyclic) bond motifs is 1. The predicted octanol–water partition coefficient (Wildman–Crippen LogP) is 1.17. The highest BCUT2D eigenvalue weighted by Gasteiger charge is 2.18. The highest BCUT2D eigenvalue weighted by Crippen LogP contribution is 2.39. The molecule has 2 rings (SSSR count). The van der Waals surface area contributed by atoms with E-state index in [0.29, 0.717) is 17.1 Å². The summed E-state index contributed by atoms with van der Waals surface area (Å²) in [5.74, 6) is 1.11. The first-order valence-corrected chi connectivity index (χ1v) is 3.99. The summed E-state index contributed by atoms with van der Waals surface area (Å²) >= 11 is 0. The molecule has 1 heterocycles. The van der Waals surface area contributed by atoms with E-state index in [1.54, 1.807) is 13.0 Å². The molecule has 0 aliphatic carbocycles. The Morgan fingerprint density at radius 1 is 1.31 bits per heavy atom. The second-order valence-electron chi connectivity index (χ2n) is 2.94. The lowest BCUT2D eigenvalue weighted by Gasteiger charge is -2.07. The van der Waals surface area contributed by atoms with Gasteiger partial charge < -0.3 is 19.7 Å². The van der Waals surface area contributed by atoms with Crippen LogP contribution in [0.5, 0.6) is 17.2 Å². The summed E-state index contributed by atoms with van der Waals surface area (Å²) in [5.41, 5.74) is 0.448. The van der Waals surface area contributed by atoms with Crippen LogP contribution in [-0.2, 0) is 0 Å². The molecule has 1 aromatic carbocycles. The van der Waals surface area contributed by atoms with Crippen LogP contribution in [-0.4, -0.2) is 17.0 Å². The monoisotopic (exact) mass is 182 g/mol. The first-order chi connectivity index (χ1) is 6.18. The maximum Gasteiger partial charge on any atom is 0.231 e. The van der Waals surface area contributed by atoms with E-state index in [4.69, 9.17) is 9.47 Å². The van der Waals surface area contributed by atoms with Crippen LogP contribution in [0.3, 0.4) is 0 Å². The van der Waals surface area contributed by atoms with Gasteiger partial charge in [-0.25, -0.2) is 0 Å². The average molecular weight is 182 g/mol. The second-order valence-corrected chi connectivity index (χ2v) is 2.94. The van der Waals surface area contributed by atoms with E-state index in [9.17, 15) is 10.2 Å². The Hall–Kier alpha value is -1.42. The number of hydrogen-bond donors (Lipinski definition) is 2. The lowest BCUT2D eigenvalue weighted by Crippen LogP contribution is -1.93. The zero-order valence-corrected chi connectivity index (χ0v) is 7.15. The van der Waals surface area contributed by atoms with Gasteiger partial charge in [-0.1, -0.05) is 0 Å². The van der Waals surface area contributed by atoms with Gasteiger partial charge in [-0.15, -0.1) is 0 Å². The van der Waals surface area contributed by atoms with E-state index in [2.05, 4.69) is 0 Å². The first-order valence-electron chi connectivity index (χ1n) is 3.99. The molecule has 1 aliphatic heterocycles. The van der Waals surface area contributed by atoms with E-state index < -0.39 is 6.10 Å². The molecule has 0 fully saturated rings. The minimum absolute atomic E-state index is 0.0271. The van der Waals surface area contributed by atoms with Crippen LogP contribution in [0.2, 0.25) is 0 Å². The molecule has 0 spiro atoms. The smallest absolute Gasteiger partial charge is 0.231 e. The van der Waals surface area contributed by atoms with Crippen LogP contribution < -0.4 is 9.47 Å². The number of aliphatic hydroxyl groups excluding tert-OH is 1. The Balaban J connectivity index is 2.49. The van der Waals surface area contributed by atoms with Crippen molar-refractivity contribution in [3.63, 3.8) is 0 Å². The molecule has 4 heteroatoms. The van der Waals surface area contributed by atoms with Gasteiger partial charge in [0, 0.05) is 11.6 Å². The topological polar surface area (TPSA) is 58.9 Å². The Morgan fingerprint density at radius 3 is 2.54 bits per heavy atom. The summed E-state index contributed by atoms with van der Waals surface area (Å²) in [7, 11) is 0. The number of aliphatic hydroxyl groups is 1. The molecule has 0 amide bonds. The largest absolute Gasteiger partial charge is 0.507 e. The summed E-state index contributed by atoms with van der Waals surface area (Å²) in [4.78, 5) is 0. The number of rotatable bonds is 1. The maximum absolute atomic E-state index is 9.45. The number of phenols is 1. The van der Waals surface area contributed by atoms with E-state index in [0.717, 1.165) is 0 Å². The molecule has 0 saturated heterocycles. The molecule has 1 aliphatic rings. The highest BCUT2D eigenvalue weighted by molar-refractivity contribution is 5.51. The Kier molecular flexibility index (Phi) is 1.77. The molecule has 1 aromatic rings. The standard InChI is InChI=1S/C9H10O4/c1-5(10)6-2-8-9(3-7(6)11)13-4-12-8/h2-3,5,10-11H,4H2,1H3. The fraction of sp³-hybridized carbons (Fsp3) is 0.333. The fourth-order valence-corrected chi connectivity index (χ4v) is 1.28. The van der Waals surface area contributed by atoms with Crippen molar-refractivity contribution in [2.24, 2.45) is 0 Å². The quantitative estimate of drug-likeness (QED) is 0.684. The van der Waals surface area contributed by atoms with Gasteiger partial charge in [-0.2, -0.15) is 0 Å². The van der Waals surface area contributed by atoms with Crippen LogP contribution in [0.15, 0.2) is 12.1 Å². The van der Waals surface area contributed by atoms with E-state index in [-0.39, 0.29) is 12.5 Å². The van der Waals surface area contributed by atoms with E-state index >= 15 is 0 Å². The molecule has 1 atom stereocenters. The summed E-state index contributed by atoms with van der Waals surface area (Å²) in [5, 5.41) is 18.7. The van der Waals surface area contributed by atoms with Gasteiger partial charge in [0.2, 0.25) is 6.79 Å². The van der Waals surface area contributed by atoms with Crippen LogP contribution in [0, 0.1) is 0 Å². The molecule has 1 unspecified atom stereocenters. The van der Waals surface area contributed by atoms with Gasteiger partial charge in [0.05, 0.1) is 6.10 Å². The number of aromatic hydroxyl groups is 1. The molecule has 4 nitrogen and oxygen atoms in total. The predicted molar refractivity (Wildman–Crippen MR) is 44.9 cm³/mol. The second kappa shape index (κ2) is 2.81. The lowest BCUT2D eigenvalue weighted by atomic mass is 10.1. The fourth-order valence-electron chi connectivity index (χ4n) is 1.28. The van der Waals surface area contributed by atoms with Crippen molar-refractivity contribution in [3.8, 4) is 17.2 Å². The molecule has 0 bridgehead atoms. The molecule has 13 heavy (non-hydrogen) atoms. The zero-order valence-electron chi connectivity index (χ0n) is 7.15. The zero-order chi connectivity index (χ0) is 9.42. The summed E-state index contributed by atoms with van der Waals surface area (Å²) in [6.45, 7) is 1.75. The third-order valence-electron chi connectivity index (χ3n) is 1.97. The van der Waals surface area contributed by atoms with Gasteiger partial charge in [-0.3, -0.25) is 0 Å². The van der Waals surface area contributed by atoms with Gasteiger partial charge in [0.25, 0.3) is 0 Å². The summed E-state index contributed by atoms with van der Waals surface area (Å²) in [6.07, 6.45) is -0.713. The van der Waals surface area contributed by atoms with Crippen LogP contribution >= 0.6 is 0 Å². The number of ether oxygens (including phenoxy) is 2. The Morgan fingerprint density at radius 2 is 1.92 bits per heavy atom. The highest BCUT2D eigenvalue weighted by atomic mass is 16.7. The van der Waals surface area contributed by atoms with Crippen molar-refractivity contribution in [2.45, 2.75) is 13.0 Å². The van der Waals surface area contributed by atoms with Gasteiger partial charge in [0.15, 0.2) is 11.5 Å². The number of phenolic OH excluding ortho intramolecular Hbond substituents is 1. The van der Waals surface area contributed by atoms with E-state index in [1.165, 1.54) is 6.07 Å². The molecule has 0 saturated carbocycles. The van der Waals surface area contributed by atoms with Crippen molar-refractivity contribution in [2.75, 3.05) is 6.79 Å². The Bertz CT molecular complexity index is 333.